The van der Waals surface area contributed by atoms with E-state index in [2.05, 4.69) is 34.2 Å². The summed E-state index contributed by atoms with van der Waals surface area (Å²) in [5.74, 6) is 1.11. The highest BCUT2D eigenvalue weighted by Crippen LogP contribution is 2.21. The smallest absolute Gasteiger partial charge is 0.260 e. The Labute approximate surface area is 136 Å². The van der Waals surface area contributed by atoms with Crippen LogP contribution >= 0.6 is 0 Å². The summed E-state index contributed by atoms with van der Waals surface area (Å²) in [6.07, 6.45) is 3.23. The van der Waals surface area contributed by atoms with Gasteiger partial charge in [-0.05, 0) is 19.8 Å². The van der Waals surface area contributed by atoms with Crippen molar-refractivity contribution in [3.05, 3.63) is 28.7 Å². The minimum absolute atomic E-state index is 0.215. The number of hydrogen-bond acceptors (Lipinski definition) is 5. The fourth-order valence-corrected chi connectivity index (χ4v) is 2.50. The SMILES string of the molecule is CCc1nn(C)c(NC(=O)c2cnc(N(C)C)nc2C)c1CC. The van der Waals surface area contributed by atoms with Crippen molar-refractivity contribution >= 4 is 17.7 Å². The van der Waals surface area contributed by atoms with Gasteiger partial charge in [0.25, 0.3) is 5.91 Å². The van der Waals surface area contributed by atoms with Gasteiger partial charge in [-0.25, -0.2) is 9.97 Å². The van der Waals surface area contributed by atoms with Crippen LogP contribution in [0.3, 0.4) is 0 Å². The Balaban J connectivity index is 2.31. The van der Waals surface area contributed by atoms with Crippen LogP contribution in [0.15, 0.2) is 6.20 Å². The standard InChI is InChI=1S/C16H24N6O/c1-7-11-13(8-2)20-22(6)14(11)19-15(23)12-9-17-16(21(4)5)18-10(12)3/h9H,7-8H2,1-6H3,(H,19,23). The highest BCUT2D eigenvalue weighted by atomic mass is 16.1. The molecule has 0 unspecified atom stereocenters. The third kappa shape index (κ3) is 3.33. The summed E-state index contributed by atoms with van der Waals surface area (Å²) in [7, 11) is 5.57. The Kier molecular flexibility index (Phi) is 4.98. The molecule has 2 heterocycles. The fraction of sp³-hybridized carbons (Fsp3) is 0.500. The normalized spacial score (nSPS) is 10.7. The van der Waals surface area contributed by atoms with Gasteiger partial charge in [-0.1, -0.05) is 13.8 Å². The zero-order valence-electron chi connectivity index (χ0n) is 14.6. The topological polar surface area (TPSA) is 75.9 Å². The van der Waals surface area contributed by atoms with Gasteiger partial charge in [-0.2, -0.15) is 5.10 Å². The van der Waals surface area contributed by atoms with Crippen LogP contribution in [-0.4, -0.2) is 39.8 Å². The van der Waals surface area contributed by atoms with E-state index in [9.17, 15) is 4.79 Å². The van der Waals surface area contributed by atoms with Crippen LogP contribution in [0.2, 0.25) is 0 Å². The molecular weight excluding hydrogens is 292 g/mol. The molecule has 7 heteroatoms. The molecule has 0 radical (unpaired) electrons. The van der Waals surface area contributed by atoms with Crippen molar-refractivity contribution in [3.63, 3.8) is 0 Å². The molecule has 7 nitrogen and oxygen atoms in total. The number of aryl methyl sites for hydroxylation is 3. The van der Waals surface area contributed by atoms with Gasteiger partial charge < -0.3 is 10.2 Å². The van der Waals surface area contributed by atoms with Gasteiger partial charge >= 0.3 is 0 Å². The summed E-state index contributed by atoms with van der Waals surface area (Å²) >= 11 is 0. The first-order valence-corrected chi connectivity index (χ1v) is 7.76. The first-order valence-electron chi connectivity index (χ1n) is 7.76. The minimum atomic E-state index is -0.215. The number of hydrogen-bond donors (Lipinski definition) is 1. The van der Waals surface area contributed by atoms with Gasteiger partial charge in [0.1, 0.15) is 5.82 Å². The molecule has 0 saturated carbocycles. The molecule has 0 bridgehead atoms. The molecule has 0 fully saturated rings. The molecule has 0 spiro atoms. The molecule has 0 aliphatic rings. The zero-order valence-corrected chi connectivity index (χ0v) is 14.6. The predicted molar refractivity (Wildman–Crippen MR) is 91.0 cm³/mol. The van der Waals surface area contributed by atoms with Crippen LogP contribution in [0.25, 0.3) is 0 Å². The summed E-state index contributed by atoms with van der Waals surface area (Å²) < 4.78 is 1.72. The summed E-state index contributed by atoms with van der Waals surface area (Å²) in [6, 6.07) is 0. The van der Waals surface area contributed by atoms with Crippen LogP contribution in [0, 0.1) is 6.92 Å². The molecule has 0 aromatic carbocycles. The number of carbonyl (C=O) groups excluding carboxylic acids is 1. The molecule has 2 aromatic heterocycles. The van der Waals surface area contributed by atoms with Crippen LogP contribution in [0.5, 0.6) is 0 Å². The molecule has 1 N–H and O–H groups in total. The summed E-state index contributed by atoms with van der Waals surface area (Å²) in [5.41, 5.74) is 3.21. The van der Waals surface area contributed by atoms with Crippen molar-refractivity contribution < 1.29 is 4.79 Å². The van der Waals surface area contributed by atoms with Crippen molar-refractivity contribution in [1.29, 1.82) is 0 Å². The molecule has 0 aliphatic heterocycles. The third-order valence-corrected chi connectivity index (χ3v) is 3.76. The van der Waals surface area contributed by atoms with E-state index in [0.29, 0.717) is 17.2 Å². The largest absolute Gasteiger partial charge is 0.347 e. The number of amides is 1. The van der Waals surface area contributed by atoms with E-state index < -0.39 is 0 Å². The van der Waals surface area contributed by atoms with Crippen molar-refractivity contribution in [1.82, 2.24) is 19.7 Å². The van der Waals surface area contributed by atoms with Crippen molar-refractivity contribution in [2.24, 2.45) is 7.05 Å². The van der Waals surface area contributed by atoms with Gasteiger partial charge in [-0.15, -0.1) is 0 Å². The molecular formula is C16H24N6O. The molecule has 0 aliphatic carbocycles. The highest BCUT2D eigenvalue weighted by Gasteiger charge is 2.18. The lowest BCUT2D eigenvalue weighted by Crippen LogP contribution is -2.19. The minimum Gasteiger partial charge on any atom is -0.347 e. The third-order valence-electron chi connectivity index (χ3n) is 3.76. The Morgan fingerprint density at radius 3 is 2.52 bits per heavy atom. The molecule has 0 saturated heterocycles. The van der Waals surface area contributed by atoms with Crippen LogP contribution in [0.4, 0.5) is 11.8 Å². The summed E-state index contributed by atoms with van der Waals surface area (Å²) in [6.45, 7) is 5.93. The lowest BCUT2D eigenvalue weighted by atomic mass is 10.1. The van der Waals surface area contributed by atoms with Crippen LogP contribution in [-0.2, 0) is 19.9 Å². The maximum atomic E-state index is 12.6. The number of anilines is 2. The van der Waals surface area contributed by atoms with Crippen molar-refractivity contribution in [3.8, 4) is 0 Å². The lowest BCUT2D eigenvalue weighted by molar-refractivity contribution is 0.102. The van der Waals surface area contributed by atoms with Crippen molar-refractivity contribution in [2.75, 3.05) is 24.3 Å². The summed E-state index contributed by atoms with van der Waals surface area (Å²) in [4.78, 5) is 23.0. The first-order chi connectivity index (χ1) is 10.9. The Morgan fingerprint density at radius 2 is 2.00 bits per heavy atom. The van der Waals surface area contributed by atoms with Crippen molar-refractivity contribution in [2.45, 2.75) is 33.6 Å². The monoisotopic (exact) mass is 316 g/mol. The van der Waals surface area contributed by atoms with Gasteiger partial charge in [0.15, 0.2) is 0 Å². The summed E-state index contributed by atoms with van der Waals surface area (Å²) in [5, 5.41) is 7.43. The second kappa shape index (κ2) is 6.76. The first kappa shape index (κ1) is 16.9. The average Bonchev–Trinajstić information content (AvgIpc) is 2.82. The fourth-order valence-electron chi connectivity index (χ4n) is 2.50. The molecule has 124 valence electrons. The number of rotatable bonds is 5. The van der Waals surface area contributed by atoms with E-state index in [1.165, 1.54) is 0 Å². The van der Waals surface area contributed by atoms with Crippen LogP contribution in [0.1, 0.15) is 41.2 Å². The molecule has 2 aromatic rings. The quantitative estimate of drug-likeness (QED) is 0.912. The Bertz CT molecular complexity index is 720. The van der Waals surface area contributed by atoms with Gasteiger partial charge in [0.05, 0.1) is 17.0 Å². The molecule has 2 rings (SSSR count). The van der Waals surface area contributed by atoms with Gasteiger partial charge in [0.2, 0.25) is 5.95 Å². The van der Waals surface area contributed by atoms with Gasteiger partial charge in [0, 0.05) is 32.9 Å². The number of carbonyl (C=O) groups is 1. The Morgan fingerprint density at radius 1 is 1.30 bits per heavy atom. The molecule has 23 heavy (non-hydrogen) atoms. The average molecular weight is 316 g/mol. The van der Waals surface area contributed by atoms with Gasteiger partial charge in [-0.3, -0.25) is 9.48 Å². The molecule has 1 amide bonds. The van der Waals surface area contributed by atoms with E-state index in [0.717, 1.165) is 29.9 Å². The molecule has 0 atom stereocenters. The highest BCUT2D eigenvalue weighted by molar-refractivity contribution is 6.04. The van der Waals surface area contributed by atoms with E-state index in [1.54, 1.807) is 15.8 Å². The van der Waals surface area contributed by atoms with E-state index in [4.69, 9.17) is 0 Å². The second-order valence-corrected chi connectivity index (χ2v) is 5.62. The van der Waals surface area contributed by atoms with E-state index in [-0.39, 0.29) is 5.91 Å². The predicted octanol–water partition coefficient (Wildman–Crippen LogP) is 1.96. The van der Waals surface area contributed by atoms with E-state index >= 15 is 0 Å². The maximum Gasteiger partial charge on any atom is 0.260 e. The second-order valence-electron chi connectivity index (χ2n) is 5.62. The van der Waals surface area contributed by atoms with Crippen LogP contribution < -0.4 is 10.2 Å². The Hall–Kier alpha value is -2.44. The zero-order chi connectivity index (χ0) is 17.1. The number of aromatic nitrogens is 4. The number of nitrogens with zero attached hydrogens (tertiary/aromatic N) is 5. The number of nitrogens with one attached hydrogen (secondary N) is 1. The maximum absolute atomic E-state index is 12.6. The lowest BCUT2D eigenvalue weighted by Gasteiger charge is -2.13. The van der Waals surface area contributed by atoms with E-state index in [1.807, 2.05) is 28.1 Å².